The Morgan fingerprint density at radius 3 is 2.23 bits per heavy atom. The quantitative estimate of drug-likeness (QED) is 0.473. The van der Waals surface area contributed by atoms with E-state index >= 15 is 0 Å². The molecule has 0 rings (SSSR count). The Labute approximate surface area is 86.2 Å². The van der Waals surface area contributed by atoms with Gasteiger partial charge in [0.05, 0.1) is 6.42 Å². The highest BCUT2D eigenvalue weighted by atomic mass is 35.5. The summed E-state index contributed by atoms with van der Waals surface area (Å²) in [5.74, 6) is 1.64. The molecule has 0 atom stereocenters. The molecule has 0 amide bonds. The van der Waals surface area contributed by atoms with Crippen molar-refractivity contribution in [3.05, 3.63) is 0 Å². The fourth-order valence-corrected chi connectivity index (χ4v) is 1.94. The van der Waals surface area contributed by atoms with Crippen molar-refractivity contribution < 1.29 is 13.2 Å². The third-order valence-electron chi connectivity index (χ3n) is 1.45. The van der Waals surface area contributed by atoms with Crippen LogP contribution in [0.15, 0.2) is 0 Å². The molecule has 0 aliphatic rings. The molecule has 0 aliphatic carbocycles. The van der Waals surface area contributed by atoms with Gasteiger partial charge in [0.25, 0.3) is 0 Å². The highest BCUT2D eigenvalue weighted by Gasteiger charge is 2.25. The lowest BCUT2D eigenvalue weighted by Gasteiger charge is -2.05. The molecule has 0 radical (unpaired) electrons. The van der Waals surface area contributed by atoms with Crippen LogP contribution < -0.4 is 0 Å². The smallest absolute Gasteiger partial charge is 0.171 e. The second-order valence-corrected chi connectivity index (χ2v) is 4.33. The van der Waals surface area contributed by atoms with Gasteiger partial charge in [0.1, 0.15) is 0 Å². The van der Waals surface area contributed by atoms with Crippen LogP contribution in [0.1, 0.15) is 25.7 Å². The number of hydrogen-bond donors (Lipinski definition) is 0. The van der Waals surface area contributed by atoms with Gasteiger partial charge in [-0.05, 0) is 18.6 Å². The number of unbranched alkanes of at least 4 members (excludes halogenated alkanes) is 2. The number of thioether (sulfide) groups is 1. The second-order valence-electron chi connectivity index (χ2n) is 2.73. The molecule has 0 aromatic rings. The molecule has 0 aromatic carbocycles. The van der Waals surface area contributed by atoms with E-state index in [2.05, 4.69) is 0 Å². The SMILES string of the molecule is FC(F)(F)CCSCCCCCCl. The lowest BCUT2D eigenvalue weighted by Crippen LogP contribution is -2.08. The molecule has 80 valence electrons. The van der Waals surface area contributed by atoms with E-state index in [0.717, 1.165) is 25.0 Å². The molecule has 0 unspecified atom stereocenters. The first-order valence-electron chi connectivity index (χ1n) is 4.27. The minimum atomic E-state index is -4.00. The first-order valence-corrected chi connectivity index (χ1v) is 5.95. The molecule has 0 saturated heterocycles. The number of halogens is 4. The van der Waals surface area contributed by atoms with Crippen molar-refractivity contribution >= 4 is 23.4 Å². The average molecular weight is 235 g/mol. The summed E-state index contributed by atoms with van der Waals surface area (Å²) in [5.41, 5.74) is 0. The van der Waals surface area contributed by atoms with Crippen molar-refractivity contribution in [2.45, 2.75) is 31.9 Å². The van der Waals surface area contributed by atoms with Crippen LogP contribution in [0, 0.1) is 0 Å². The normalized spacial score (nSPS) is 12.0. The Morgan fingerprint density at radius 1 is 1.00 bits per heavy atom. The standard InChI is InChI=1S/C8H14ClF3S/c9-5-2-1-3-6-13-7-4-8(10,11)12/h1-7H2. The molecular weight excluding hydrogens is 221 g/mol. The van der Waals surface area contributed by atoms with Gasteiger partial charge in [-0.2, -0.15) is 24.9 Å². The highest BCUT2D eigenvalue weighted by molar-refractivity contribution is 7.99. The summed E-state index contributed by atoms with van der Waals surface area (Å²) in [6, 6.07) is 0. The molecule has 0 fully saturated rings. The van der Waals surface area contributed by atoms with Crippen LogP contribution in [0.25, 0.3) is 0 Å². The van der Waals surface area contributed by atoms with Crippen LogP contribution in [0.3, 0.4) is 0 Å². The van der Waals surface area contributed by atoms with Crippen LogP contribution >= 0.6 is 23.4 Å². The molecule has 0 aromatic heterocycles. The Bertz CT molecular complexity index is 116. The van der Waals surface area contributed by atoms with Crippen molar-refractivity contribution in [1.29, 1.82) is 0 Å². The van der Waals surface area contributed by atoms with Gasteiger partial charge in [-0.1, -0.05) is 6.42 Å². The number of hydrogen-bond acceptors (Lipinski definition) is 1. The third-order valence-corrected chi connectivity index (χ3v) is 2.79. The van der Waals surface area contributed by atoms with E-state index < -0.39 is 12.6 Å². The summed E-state index contributed by atoms with van der Waals surface area (Å²) in [4.78, 5) is 0. The summed E-state index contributed by atoms with van der Waals surface area (Å²) in [7, 11) is 0. The Kier molecular flexibility index (Phi) is 8.06. The van der Waals surface area contributed by atoms with E-state index in [1.165, 1.54) is 11.8 Å². The molecule has 13 heavy (non-hydrogen) atoms. The average Bonchev–Trinajstić information content (AvgIpc) is 2.01. The van der Waals surface area contributed by atoms with Gasteiger partial charge < -0.3 is 0 Å². The van der Waals surface area contributed by atoms with Crippen LogP contribution in [0.4, 0.5) is 13.2 Å². The molecule has 5 heteroatoms. The Hall–Kier alpha value is 0.430. The van der Waals surface area contributed by atoms with Gasteiger partial charge in [0.2, 0.25) is 0 Å². The van der Waals surface area contributed by atoms with Crippen molar-refractivity contribution in [3.63, 3.8) is 0 Å². The number of alkyl halides is 4. The first-order chi connectivity index (χ1) is 6.06. The molecule has 0 aliphatic heterocycles. The zero-order valence-electron chi connectivity index (χ0n) is 7.37. The second kappa shape index (κ2) is 7.80. The summed E-state index contributed by atoms with van der Waals surface area (Å²) >= 11 is 6.81. The Balaban J connectivity index is 3.00. The van der Waals surface area contributed by atoms with Crippen LogP contribution in [-0.2, 0) is 0 Å². The molecule has 0 nitrogen and oxygen atoms in total. The van der Waals surface area contributed by atoms with Gasteiger partial charge in [-0.25, -0.2) is 0 Å². The molecule has 0 spiro atoms. The van der Waals surface area contributed by atoms with Crippen LogP contribution in [0.2, 0.25) is 0 Å². The van der Waals surface area contributed by atoms with Gasteiger partial charge in [-0.15, -0.1) is 11.6 Å². The maximum Gasteiger partial charge on any atom is 0.389 e. The Morgan fingerprint density at radius 2 is 1.69 bits per heavy atom. The van der Waals surface area contributed by atoms with Crippen molar-refractivity contribution in [2.24, 2.45) is 0 Å². The molecule has 0 N–H and O–H groups in total. The monoisotopic (exact) mass is 234 g/mol. The zero-order chi connectivity index (χ0) is 10.2. The third kappa shape index (κ3) is 12.4. The minimum absolute atomic E-state index is 0.185. The number of rotatable bonds is 7. The first kappa shape index (κ1) is 13.4. The van der Waals surface area contributed by atoms with E-state index in [-0.39, 0.29) is 5.75 Å². The van der Waals surface area contributed by atoms with Crippen LogP contribution in [-0.4, -0.2) is 23.6 Å². The summed E-state index contributed by atoms with van der Waals surface area (Å²) in [5, 5.41) is 0. The van der Waals surface area contributed by atoms with E-state index in [1.54, 1.807) is 0 Å². The largest absolute Gasteiger partial charge is 0.389 e. The fourth-order valence-electron chi connectivity index (χ4n) is 0.765. The summed E-state index contributed by atoms with van der Waals surface area (Å²) in [6.07, 6.45) is -1.73. The van der Waals surface area contributed by atoms with Gasteiger partial charge >= 0.3 is 6.18 Å². The van der Waals surface area contributed by atoms with Crippen LogP contribution in [0.5, 0.6) is 0 Å². The maximum atomic E-state index is 11.7. The van der Waals surface area contributed by atoms with E-state index in [9.17, 15) is 13.2 Å². The van der Waals surface area contributed by atoms with E-state index in [1.807, 2.05) is 0 Å². The minimum Gasteiger partial charge on any atom is -0.171 e. The summed E-state index contributed by atoms with van der Waals surface area (Å²) in [6.45, 7) is 0. The van der Waals surface area contributed by atoms with Crippen molar-refractivity contribution in [1.82, 2.24) is 0 Å². The predicted molar refractivity (Wildman–Crippen MR) is 52.6 cm³/mol. The van der Waals surface area contributed by atoms with Gasteiger partial charge in [-0.3, -0.25) is 0 Å². The van der Waals surface area contributed by atoms with E-state index in [4.69, 9.17) is 11.6 Å². The van der Waals surface area contributed by atoms with Gasteiger partial charge in [0.15, 0.2) is 0 Å². The fraction of sp³-hybridized carbons (Fsp3) is 1.00. The lowest BCUT2D eigenvalue weighted by atomic mass is 10.3. The van der Waals surface area contributed by atoms with Gasteiger partial charge in [0, 0.05) is 11.6 Å². The highest BCUT2D eigenvalue weighted by Crippen LogP contribution is 2.22. The maximum absolute atomic E-state index is 11.7. The summed E-state index contributed by atoms with van der Waals surface area (Å²) < 4.78 is 35.0. The zero-order valence-corrected chi connectivity index (χ0v) is 8.94. The molecular formula is C8H14ClF3S. The lowest BCUT2D eigenvalue weighted by molar-refractivity contribution is -0.129. The van der Waals surface area contributed by atoms with Crippen molar-refractivity contribution in [3.8, 4) is 0 Å². The molecule has 0 heterocycles. The molecule has 0 bridgehead atoms. The molecule has 0 saturated carbocycles. The predicted octanol–water partition coefficient (Wildman–Crippen LogP) is 4.08. The van der Waals surface area contributed by atoms with Crippen molar-refractivity contribution in [2.75, 3.05) is 17.4 Å². The topological polar surface area (TPSA) is 0 Å². The van der Waals surface area contributed by atoms with E-state index in [0.29, 0.717) is 5.88 Å².